The maximum Gasteiger partial charge on any atom is 0.326 e. The Hall–Kier alpha value is -1.36. The van der Waals surface area contributed by atoms with Crippen LogP contribution in [0.3, 0.4) is 0 Å². The Morgan fingerprint density at radius 3 is 2.81 bits per heavy atom. The number of ether oxygens (including phenoxy) is 1. The molecule has 2 rings (SSSR count). The quantitative estimate of drug-likeness (QED) is 0.801. The van der Waals surface area contributed by atoms with E-state index in [2.05, 4.69) is 21.4 Å². The van der Waals surface area contributed by atoms with Gasteiger partial charge in [-0.1, -0.05) is 0 Å². The third-order valence-corrected chi connectivity index (χ3v) is 4.12. The first-order valence-electron chi connectivity index (χ1n) is 7.74. The molecule has 1 fully saturated rings. The summed E-state index contributed by atoms with van der Waals surface area (Å²) in [4.78, 5) is 19.0. The molecule has 0 aliphatic carbocycles. The van der Waals surface area contributed by atoms with Gasteiger partial charge in [0.25, 0.3) is 0 Å². The van der Waals surface area contributed by atoms with Crippen LogP contribution in [0.2, 0.25) is 0 Å². The summed E-state index contributed by atoms with van der Waals surface area (Å²) in [6, 6.07) is 0. The Morgan fingerprint density at radius 1 is 1.48 bits per heavy atom. The molecule has 1 aliphatic heterocycles. The summed E-state index contributed by atoms with van der Waals surface area (Å²) >= 11 is 0. The van der Waals surface area contributed by atoms with Crippen LogP contribution in [0.15, 0.2) is 12.5 Å². The zero-order chi connectivity index (χ0) is 15.7. The molecular formula is C16H27N3O2. The summed E-state index contributed by atoms with van der Waals surface area (Å²) in [5.74, 6) is -0.116. The Labute approximate surface area is 127 Å². The maximum absolute atomic E-state index is 12.6. The van der Waals surface area contributed by atoms with Crippen molar-refractivity contribution in [2.45, 2.75) is 71.7 Å². The number of carbonyl (C=O) groups excluding carboxylic acids is 1. The van der Waals surface area contributed by atoms with Crippen molar-refractivity contribution in [3.8, 4) is 0 Å². The standard InChI is InChI=1S/C16H27N3O2/c1-6-18-12-17-10-13(18)11-19-9-7-8-16(19,5)14(20)21-15(2,3)4/h10,12H,6-9,11H2,1-5H3/t16-/m0/s1. The summed E-state index contributed by atoms with van der Waals surface area (Å²) in [5.41, 5.74) is 0.171. The van der Waals surface area contributed by atoms with Crippen LogP contribution in [0.4, 0.5) is 0 Å². The van der Waals surface area contributed by atoms with E-state index in [1.165, 1.54) is 0 Å². The second-order valence-corrected chi connectivity index (χ2v) is 6.97. The van der Waals surface area contributed by atoms with Gasteiger partial charge in [0.1, 0.15) is 11.1 Å². The number of carbonyl (C=O) groups is 1. The highest BCUT2D eigenvalue weighted by Gasteiger charge is 2.45. The van der Waals surface area contributed by atoms with E-state index in [0.717, 1.165) is 38.2 Å². The first-order valence-corrected chi connectivity index (χ1v) is 7.74. The van der Waals surface area contributed by atoms with Crippen molar-refractivity contribution in [2.24, 2.45) is 0 Å². The van der Waals surface area contributed by atoms with E-state index < -0.39 is 11.1 Å². The fourth-order valence-electron chi connectivity index (χ4n) is 2.85. The molecule has 1 saturated heterocycles. The number of hydrogen-bond acceptors (Lipinski definition) is 4. The molecule has 1 aromatic heterocycles. The number of esters is 1. The number of nitrogens with zero attached hydrogens (tertiary/aromatic N) is 3. The summed E-state index contributed by atoms with van der Waals surface area (Å²) < 4.78 is 7.75. The summed E-state index contributed by atoms with van der Waals surface area (Å²) in [7, 11) is 0. The predicted molar refractivity (Wildman–Crippen MR) is 81.8 cm³/mol. The average Bonchev–Trinajstić information content (AvgIpc) is 2.96. The fourth-order valence-corrected chi connectivity index (χ4v) is 2.85. The molecule has 5 nitrogen and oxygen atoms in total. The molecule has 1 atom stereocenters. The number of imidazole rings is 1. The van der Waals surface area contributed by atoms with Crippen LogP contribution in [0.25, 0.3) is 0 Å². The van der Waals surface area contributed by atoms with Gasteiger partial charge in [0, 0.05) is 19.3 Å². The lowest BCUT2D eigenvalue weighted by molar-refractivity contribution is -0.167. The van der Waals surface area contributed by atoms with Crippen LogP contribution < -0.4 is 0 Å². The van der Waals surface area contributed by atoms with E-state index in [4.69, 9.17) is 4.74 Å². The van der Waals surface area contributed by atoms with Crippen molar-refractivity contribution in [3.05, 3.63) is 18.2 Å². The molecule has 0 N–H and O–H groups in total. The topological polar surface area (TPSA) is 47.4 Å². The molecule has 118 valence electrons. The second-order valence-electron chi connectivity index (χ2n) is 6.97. The predicted octanol–water partition coefficient (Wildman–Crippen LogP) is 2.60. The number of rotatable bonds is 4. The van der Waals surface area contributed by atoms with E-state index in [9.17, 15) is 4.79 Å². The van der Waals surface area contributed by atoms with Gasteiger partial charge in [0.05, 0.1) is 12.0 Å². The Morgan fingerprint density at radius 2 is 2.19 bits per heavy atom. The van der Waals surface area contributed by atoms with Gasteiger partial charge >= 0.3 is 5.97 Å². The van der Waals surface area contributed by atoms with Crippen LogP contribution in [0, 0.1) is 0 Å². The van der Waals surface area contributed by atoms with Gasteiger partial charge in [-0.15, -0.1) is 0 Å². The summed E-state index contributed by atoms with van der Waals surface area (Å²) in [6.07, 6.45) is 5.60. The van der Waals surface area contributed by atoms with E-state index >= 15 is 0 Å². The zero-order valence-electron chi connectivity index (χ0n) is 13.8. The van der Waals surface area contributed by atoms with Crippen molar-refractivity contribution in [2.75, 3.05) is 6.54 Å². The molecule has 0 radical (unpaired) electrons. The normalized spacial score (nSPS) is 23.5. The van der Waals surface area contributed by atoms with Gasteiger partial charge in [-0.3, -0.25) is 9.69 Å². The minimum absolute atomic E-state index is 0.116. The third kappa shape index (κ3) is 3.46. The van der Waals surface area contributed by atoms with Crippen LogP contribution >= 0.6 is 0 Å². The molecule has 0 bridgehead atoms. The molecule has 1 aromatic rings. The molecule has 21 heavy (non-hydrogen) atoms. The second kappa shape index (κ2) is 5.79. The van der Waals surface area contributed by atoms with Gasteiger partial charge in [-0.25, -0.2) is 4.98 Å². The number of aryl methyl sites for hydroxylation is 1. The molecule has 0 spiro atoms. The Balaban J connectivity index is 2.14. The van der Waals surface area contributed by atoms with Crippen LogP contribution in [0.1, 0.15) is 53.2 Å². The highest BCUT2D eigenvalue weighted by molar-refractivity contribution is 5.81. The largest absolute Gasteiger partial charge is 0.459 e. The molecule has 0 unspecified atom stereocenters. The van der Waals surface area contributed by atoms with Crippen molar-refractivity contribution in [1.82, 2.24) is 14.5 Å². The lowest BCUT2D eigenvalue weighted by Crippen LogP contribution is -2.50. The molecule has 1 aliphatic rings. The lowest BCUT2D eigenvalue weighted by atomic mass is 9.98. The smallest absolute Gasteiger partial charge is 0.326 e. The maximum atomic E-state index is 12.6. The monoisotopic (exact) mass is 293 g/mol. The van der Waals surface area contributed by atoms with E-state index in [0.29, 0.717) is 0 Å². The number of hydrogen-bond donors (Lipinski definition) is 0. The van der Waals surface area contributed by atoms with Crippen LogP contribution in [-0.2, 0) is 22.6 Å². The minimum atomic E-state index is -0.532. The van der Waals surface area contributed by atoms with Crippen LogP contribution in [-0.4, -0.2) is 38.1 Å². The van der Waals surface area contributed by atoms with Crippen LogP contribution in [0.5, 0.6) is 0 Å². The van der Waals surface area contributed by atoms with Gasteiger partial charge in [0.2, 0.25) is 0 Å². The van der Waals surface area contributed by atoms with Gasteiger partial charge in [-0.05, 0) is 54.0 Å². The van der Waals surface area contributed by atoms with Crippen molar-refractivity contribution < 1.29 is 9.53 Å². The van der Waals surface area contributed by atoms with Crippen molar-refractivity contribution >= 4 is 5.97 Å². The first-order chi connectivity index (χ1) is 9.76. The first kappa shape index (κ1) is 16.0. The molecule has 0 aromatic carbocycles. The Kier molecular flexibility index (Phi) is 4.42. The molecule has 0 amide bonds. The lowest BCUT2D eigenvalue weighted by Gasteiger charge is -2.35. The van der Waals surface area contributed by atoms with Gasteiger partial charge < -0.3 is 9.30 Å². The fraction of sp³-hybridized carbons (Fsp3) is 0.750. The number of likely N-dealkylation sites (tertiary alicyclic amines) is 1. The van der Waals surface area contributed by atoms with E-state index in [1.807, 2.05) is 40.2 Å². The summed E-state index contributed by atoms with van der Waals surface area (Å²) in [5, 5.41) is 0. The van der Waals surface area contributed by atoms with Crippen molar-refractivity contribution in [1.29, 1.82) is 0 Å². The third-order valence-electron chi connectivity index (χ3n) is 4.12. The molecule has 0 saturated carbocycles. The molecule has 2 heterocycles. The number of aromatic nitrogens is 2. The zero-order valence-corrected chi connectivity index (χ0v) is 13.8. The summed E-state index contributed by atoms with van der Waals surface area (Å²) in [6.45, 7) is 12.4. The highest BCUT2D eigenvalue weighted by atomic mass is 16.6. The van der Waals surface area contributed by atoms with E-state index in [1.54, 1.807) is 0 Å². The van der Waals surface area contributed by atoms with Gasteiger partial charge in [0.15, 0.2) is 0 Å². The SMILES string of the molecule is CCn1cncc1CN1CCC[C@@]1(C)C(=O)OC(C)(C)C. The van der Waals surface area contributed by atoms with Gasteiger partial charge in [-0.2, -0.15) is 0 Å². The minimum Gasteiger partial charge on any atom is -0.459 e. The van der Waals surface area contributed by atoms with E-state index in [-0.39, 0.29) is 5.97 Å². The molecular weight excluding hydrogens is 266 g/mol. The average molecular weight is 293 g/mol. The highest BCUT2D eigenvalue weighted by Crippen LogP contribution is 2.33. The molecule has 5 heteroatoms. The Bertz CT molecular complexity index is 504. The van der Waals surface area contributed by atoms with Crippen molar-refractivity contribution in [3.63, 3.8) is 0 Å².